The number of ether oxygens (including phenoxy) is 1. The van der Waals surface area contributed by atoms with Gasteiger partial charge in [-0.3, -0.25) is 4.79 Å². The van der Waals surface area contributed by atoms with E-state index in [0.717, 1.165) is 24.3 Å². The van der Waals surface area contributed by atoms with Crippen molar-refractivity contribution >= 4 is 35.0 Å². The van der Waals surface area contributed by atoms with E-state index in [4.69, 9.17) is 4.74 Å². The Morgan fingerprint density at radius 2 is 1.59 bits per heavy atom. The summed E-state index contributed by atoms with van der Waals surface area (Å²) in [4.78, 5) is 41.9. The van der Waals surface area contributed by atoms with E-state index in [0.29, 0.717) is 22.7 Å². The Hall–Kier alpha value is -4.85. The van der Waals surface area contributed by atoms with Crippen molar-refractivity contribution in [2.24, 2.45) is 5.92 Å². The van der Waals surface area contributed by atoms with Crippen molar-refractivity contribution in [2.75, 3.05) is 42.7 Å². The molecule has 4 N–H and O–H groups in total. The summed E-state index contributed by atoms with van der Waals surface area (Å²) in [5, 5.41) is 17.7. The molecule has 1 aliphatic rings. The highest BCUT2D eigenvalue weighted by atomic mass is 19.4. The number of rotatable bonds is 7. The number of benzene rings is 3. The predicted octanol–water partition coefficient (Wildman–Crippen LogP) is 5.80. The molecule has 5 amide bonds. The molecule has 0 saturated heterocycles. The van der Waals surface area contributed by atoms with Crippen LogP contribution in [-0.4, -0.2) is 71.8 Å². The van der Waals surface area contributed by atoms with Crippen molar-refractivity contribution in [3.05, 3.63) is 83.7 Å². The van der Waals surface area contributed by atoms with Gasteiger partial charge < -0.3 is 35.6 Å². The highest BCUT2D eigenvalue weighted by Gasteiger charge is 2.32. The number of amides is 5. The Balaban J connectivity index is 1.53. The molecule has 0 spiro atoms. The highest BCUT2D eigenvalue weighted by molar-refractivity contribution is 6.00. The third kappa shape index (κ3) is 8.87. The summed E-state index contributed by atoms with van der Waals surface area (Å²) in [7, 11) is 1.51. The lowest BCUT2D eigenvalue weighted by atomic mass is 10.0. The number of fused-ring (bicyclic) bond motifs is 1. The van der Waals surface area contributed by atoms with E-state index < -0.39 is 41.8 Å². The van der Waals surface area contributed by atoms with Crippen LogP contribution in [0.15, 0.2) is 66.7 Å². The third-order valence-electron chi connectivity index (χ3n) is 7.54. The first-order chi connectivity index (χ1) is 21.7. The number of carbonyl (C=O) groups is 3. The second-order valence-corrected chi connectivity index (χ2v) is 11.2. The summed E-state index contributed by atoms with van der Waals surface area (Å²) in [5.74, 6) is -0.703. The largest absolute Gasteiger partial charge is 0.488 e. The van der Waals surface area contributed by atoms with Gasteiger partial charge in [0.15, 0.2) is 0 Å². The van der Waals surface area contributed by atoms with Crippen LogP contribution in [0.1, 0.15) is 25.0 Å². The maximum Gasteiger partial charge on any atom is 0.416 e. The molecule has 4 rings (SSSR count). The van der Waals surface area contributed by atoms with E-state index in [1.165, 1.54) is 36.2 Å². The number of aliphatic hydroxyl groups is 1. The van der Waals surface area contributed by atoms with E-state index in [9.17, 15) is 37.1 Å². The van der Waals surface area contributed by atoms with Gasteiger partial charge in [0.05, 0.1) is 31.2 Å². The van der Waals surface area contributed by atoms with E-state index in [1.54, 1.807) is 30.0 Å². The first-order valence-corrected chi connectivity index (χ1v) is 14.5. The summed E-state index contributed by atoms with van der Waals surface area (Å²) in [5.41, 5.74) is 0.519. The van der Waals surface area contributed by atoms with Crippen LogP contribution in [0.3, 0.4) is 0 Å². The Kier molecular flexibility index (Phi) is 10.7. The first-order valence-electron chi connectivity index (χ1n) is 14.5. The van der Waals surface area contributed by atoms with Gasteiger partial charge in [-0.2, -0.15) is 13.2 Å². The minimum atomic E-state index is -4.50. The molecule has 3 aromatic carbocycles. The average molecular weight is 646 g/mol. The topological polar surface area (TPSA) is 123 Å². The van der Waals surface area contributed by atoms with Crippen LogP contribution in [0, 0.1) is 11.7 Å². The average Bonchev–Trinajstić information content (AvgIpc) is 3.05. The number of hydrogen-bond acceptors (Lipinski definition) is 5. The molecule has 3 aromatic rings. The van der Waals surface area contributed by atoms with Crippen molar-refractivity contribution < 1.29 is 41.8 Å². The number of likely N-dealkylation sites (N-methyl/N-ethyl adjacent to an activating group) is 1. The number of urea groups is 2. The molecule has 0 aromatic heterocycles. The quantitative estimate of drug-likeness (QED) is 0.242. The molecule has 246 valence electrons. The zero-order valence-electron chi connectivity index (χ0n) is 25.4. The van der Waals surface area contributed by atoms with Crippen LogP contribution < -0.4 is 20.7 Å². The van der Waals surface area contributed by atoms with Gasteiger partial charge in [-0.15, -0.1) is 0 Å². The Bertz CT molecular complexity index is 1540. The molecule has 0 radical (unpaired) electrons. The number of anilines is 3. The van der Waals surface area contributed by atoms with Gasteiger partial charge in [0.2, 0.25) is 5.91 Å². The fourth-order valence-electron chi connectivity index (χ4n) is 4.87. The third-order valence-corrected chi connectivity index (χ3v) is 7.54. The van der Waals surface area contributed by atoms with Gasteiger partial charge in [0.1, 0.15) is 17.7 Å². The van der Waals surface area contributed by atoms with Crippen molar-refractivity contribution in [1.82, 2.24) is 9.80 Å². The Labute approximate surface area is 263 Å². The predicted molar refractivity (Wildman–Crippen MR) is 164 cm³/mol. The monoisotopic (exact) mass is 645 g/mol. The van der Waals surface area contributed by atoms with Gasteiger partial charge in [-0.05, 0) is 73.7 Å². The van der Waals surface area contributed by atoms with E-state index in [1.807, 2.05) is 6.92 Å². The van der Waals surface area contributed by atoms with Gasteiger partial charge >= 0.3 is 18.2 Å². The summed E-state index contributed by atoms with van der Waals surface area (Å²) < 4.78 is 58.3. The standard InChI is InChI=1S/C32H35F4N5O5/c1-19-16-41(20(2)18-42)29(43)15-21-14-26(38-30(44)37-24-10-6-23(33)7-11-24)12-13-27(21)46-28(19)17-40(3)31(45)39-25-8-4-22(5-9-25)32(34,35)36/h4-14,19-20,28,42H,15-18H2,1-3H3,(H,39,45)(H2,37,38,44)/t19-,20-,28-/m1/s1. The number of alkyl halides is 3. The fourth-order valence-corrected chi connectivity index (χ4v) is 4.87. The first kappa shape index (κ1) is 34.0. The number of nitrogens with one attached hydrogen (secondary N) is 3. The summed E-state index contributed by atoms with van der Waals surface area (Å²) in [6.45, 7) is 3.52. The number of aliphatic hydroxyl groups excluding tert-OH is 1. The highest BCUT2D eigenvalue weighted by Crippen LogP contribution is 2.31. The molecule has 0 saturated carbocycles. The fraction of sp³-hybridized carbons (Fsp3) is 0.344. The molecule has 0 fully saturated rings. The van der Waals surface area contributed by atoms with Crippen molar-refractivity contribution in [3.63, 3.8) is 0 Å². The van der Waals surface area contributed by atoms with Crippen LogP contribution in [0.5, 0.6) is 5.75 Å². The normalized spacial score (nSPS) is 17.4. The van der Waals surface area contributed by atoms with Gasteiger partial charge in [0, 0.05) is 42.1 Å². The molecule has 0 unspecified atom stereocenters. The lowest BCUT2D eigenvalue weighted by Gasteiger charge is -2.34. The van der Waals surface area contributed by atoms with Crippen molar-refractivity contribution in [2.45, 2.75) is 38.6 Å². The zero-order valence-corrected chi connectivity index (χ0v) is 25.4. The molecule has 10 nitrogen and oxygen atoms in total. The number of nitrogens with zero attached hydrogens (tertiary/aromatic N) is 2. The maximum atomic E-state index is 13.4. The molecule has 46 heavy (non-hydrogen) atoms. The van der Waals surface area contributed by atoms with Crippen LogP contribution in [-0.2, 0) is 17.4 Å². The van der Waals surface area contributed by atoms with E-state index in [-0.39, 0.29) is 43.6 Å². The molecule has 0 aliphatic carbocycles. The Morgan fingerprint density at radius 1 is 1.00 bits per heavy atom. The summed E-state index contributed by atoms with van der Waals surface area (Å²) >= 11 is 0. The van der Waals surface area contributed by atoms with Crippen LogP contribution in [0.25, 0.3) is 0 Å². The number of carbonyl (C=O) groups excluding carboxylic acids is 3. The SMILES string of the molecule is C[C@@H]1CN([C@H](C)CO)C(=O)Cc2cc(NC(=O)Nc3ccc(F)cc3)ccc2O[C@@H]1CN(C)C(=O)Nc1ccc(C(F)(F)F)cc1. The lowest BCUT2D eigenvalue weighted by Crippen LogP contribution is -2.48. The van der Waals surface area contributed by atoms with Crippen LogP contribution in [0.4, 0.5) is 44.2 Å². The van der Waals surface area contributed by atoms with Crippen LogP contribution >= 0.6 is 0 Å². The van der Waals surface area contributed by atoms with Gasteiger partial charge in [0.25, 0.3) is 0 Å². The summed E-state index contributed by atoms with van der Waals surface area (Å²) in [6.07, 6.45) is -5.25. The molecular weight excluding hydrogens is 610 g/mol. The molecule has 1 heterocycles. The lowest BCUT2D eigenvalue weighted by molar-refractivity contribution is -0.137. The minimum absolute atomic E-state index is 0.0443. The molecule has 0 bridgehead atoms. The number of halogens is 4. The van der Waals surface area contributed by atoms with Gasteiger partial charge in [-0.25, -0.2) is 14.0 Å². The second kappa shape index (κ2) is 14.5. The zero-order chi connectivity index (χ0) is 33.6. The molecular formula is C32H35F4N5O5. The van der Waals surface area contributed by atoms with Gasteiger partial charge in [-0.1, -0.05) is 6.92 Å². The smallest absolute Gasteiger partial charge is 0.416 e. The molecule has 3 atom stereocenters. The Morgan fingerprint density at radius 3 is 2.22 bits per heavy atom. The minimum Gasteiger partial charge on any atom is -0.488 e. The summed E-state index contributed by atoms with van der Waals surface area (Å²) in [6, 6.07) is 12.4. The van der Waals surface area contributed by atoms with E-state index >= 15 is 0 Å². The maximum absolute atomic E-state index is 13.4. The second-order valence-electron chi connectivity index (χ2n) is 11.2. The number of hydrogen-bond donors (Lipinski definition) is 4. The molecule has 1 aliphatic heterocycles. The van der Waals surface area contributed by atoms with Crippen molar-refractivity contribution in [1.29, 1.82) is 0 Å². The van der Waals surface area contributed by atoms with Crippen LogP contribution in [0.2, 0.25) is 0 Å². The molecule has 14 heteroatoms. The van der Waals surface area contributed by atoms with Crippen molar-refractivity contribution in [3.8, 4) is 5.75 Å². The van der Waals surface area contributed by atoms with E-state index in [2.05, 4.69) is 16.0 Å².